The Morgan fingerprint density at radius 2 is 2.29 bits per heavy atom. The highest BCUT2D eigenvalue weighted by atomic mass is 16.3. The van der Waals surface area contributed by atoms with Gasteiger partial charge in [0.15, 0.2) is 0 Å². The molecular formula is C11H24N4O2. The molecule has 1 aliphatic rings. The topological polar surface area (TPSA) is 81.8 Å². The summed E-state index contributed by atoms with van der Waals surface area (Å²) >= 11 is 0. The van der Waals surface area contributed by atoms with Gasteiger partial charge in [0.2, 0.25) is 5.91 Å². The smallest absolute Gasteiger partial charge is 0.237 e. The molecular weight excluding hydrogens is 220 g/mol. The van der Waals surface area contributed by atoms with E-state index in [1.54, 1.807) is 0 Å². The quantitative estimate of drug-likeness (QED) is 0.315. The average Bonchev–Trinajstić information content (AvgIpc) is 2.56. The van der Waals surface area contributed by atoms with Crippen LogP contribution in [0, 0.1) is 5.92 Å². The lowest BCUT2D eigenvalue weighted by Gasteiger charge is -2.28. The van der Waals surface area contributed by atoms with Crippen LogP contribution < -0.4 is 11.3 Å². The molecule has 0 spiro atoms. The molecule has 100 valence electrons. The summed E-state index contributed by atoms with van der Waals surface area (Å²) in [4.78, 5) is 15.6. The number of rotatable bonds is 5. The molecule has 0 aromatic heterocycles. The molecule has 3 unspecified atom stereocenters. The maximum absolute atomic E-state index is 11.4. The van der Waals surface area contributed by atoms with E-state index in [-0.39, 0.29) is 17.9 Å². The third kappa shape index (κ3) is 4.23. The Morgan fingerprint density at radius 1 is 1.65 bits per heavy atom. The van der Waals surface area contributed by atoms with Crippen LogP contribution in [0.5, 0.6) is 0 Å². The van der Waals surface area contributed by atoms with Crippen molar-refractivity contribution < 1.29 is 9.90 Å². The van der Waals surface area contributed by atoms with Crippen molar-refractivity contribution in [1.82, 2.24) is 15.2 Å². The molecule has 1 amide bonds. The second-order valence-corrected chi connectivity index (χ2v) is 5.17. The Labute approximate surface area is 103 Å². The number of aliphatic hydroxyl groups excluding tert-OH is 1. The summed E-state index contributed by atoms with van der Waals surface area (Å²) in [5.41, 5.74) is 2.17. The zero-order valence-corrected chi connectivity index (χ0v) is 10.9. The van der Waals surface area contributed by atoms with E-state index in [4.69, 9.17) is 5.84 Å². The number of nitrogens with two attached hydrogens (primary N) is 1. The van der Waals surface area contributed by atoms with Gasteiger partial charge in [-0.3, -0.25) is 15.1 Å². The first kappa shape index (κ1) is 14.4. The average molecular weight is 244 g/mol. The Balaban J connectivity index is 2.52. The predicted octanol–water partition coefficient (Wildman–Crippen LogP) is -1.39. The van der Waals surface area contributed by atoms with Gasteiger partial charge in [-0.25, -0.2) is 5.84 Å². The van der Waals surface area contributed by atoms with Crippen LogP contribution in [0.2, 0.25) is 0 Å². The van der Waals surface area contributed by atoms with E-state index in [0.29, 0.717) is 19.1 Å². The zero-order chi connectivity index (χ0) is 13.0. The Morgan fingerprint density at radius 3 is 2.82 bits per heavy atom. The lowest BCUT2D eigenvalue weighted by Crippen LogP contribution is -2.44. The molecule has 1 rings (SSSR count). The highest BCUT2D eigenvalue weighted by molar-refractivity contribution is 5.77. The second-order valence-electron chi connectivity index (χ2n) is 5.17. The number of aliphatic hydroxyl groups is 1. The Bertz CT molecular complexity index is 260. The molecule has 0 saturated carbocycles. The van der Waals surface area contributed by atoms with Gasteiger partial charge in [-0.1, -0.05) is 6.92 Å². The monoisotopic (exact) mass is 244 g/mol. The van der Waals surface area contributed by atoms with Gasteiger partial charge >= 0.3 is 0 Å². The number of carbonyl (C=O) groups is 1. The maximum Gasteiger partial charge on any atom is 0.237 e. The van der Waals surface area contributed by atoms with Crippen molar-refractivity contribution in [1.29, 1.82) is 0 Å². The number of nitrogens with one attached hydrogen (secondary N) is 1. The van der Waals surface area contributed by atoms with Gasteiger partial charge in [0, 0.05) is 31.6 Å². The van der Waals surface area contributed by atoms with Gasteiger partial charge < -0.3 is 10.0 Å². The summed E-state index contributed by atoms with van der Waals surface area (Å²) in [5, 5.41) is 9.71. The van der Waals surface area contributed by atoms with Crippen molar-refractivity contribution >= 4 is 5.91 Å². The number of amides is 1. The molecule has 0 aromatic carbocycles. The molecule has 0 aromatic rings. The van der Waals surface area contributed by atoms with Crippen molar-refractivity contribution in [2.24, 2.45) is 11.8 Å². The zero-order valence-electron chi connectivity index (χ0n) is 10.9. The van der Waals surface area contributed by atoms with Crippen molar-refractivity contribution in [2.75, 3.05) is 33.7 Å². The lowest BCUT2D eigenvalue weighted by atomic mass is 10.1. The minimum Gasteiger partial charge on any atom is -0.392 e. The number of carbonyl (C=O) groups excluding carboxylic acids is 1. The largest absolute Gasteiger partial charge is 0.392 e. The van der Waals surface area contributed by atoms with Gasteiger partial charge in [-0.2, -0.15) is 0 Å². The van der Waals surface area contributed by atoms with Gasteiger partial charge in [-0.15, -0.1) is 0 Å². The Hall–Kier alpha value is -0.690. The van der Waals surface area contributed by atoms with E-state index < -0.39 is 0 Å². The normalized spacial score (nSPS) is 27.4. The summed E-state index contributed by atoms with van der Waals surface area (Å²) in [6.07, 6.45) is 0.489. The fourth-order valence-corrected chi connectivity index (χ4v) is 2.37. The van der Waals surface area contributed by atoms with E-state index in [9.17, 15) is 9.90 Å². The number of hydrogen-bond donors (Lipinski definition) is 3. The van der Waals surface area contributed by atoms with Crippen LogP contribution in [0.1, 0.15) is 13.3 Å². The van der Waals surface area contributed by atoms with Crippen molar-refractivity contribution in [3.05, 3.63) is 0 Å². The van der Waals surface area contributed by atoms with Crippen molar-refractivity contribution in [3.63, 3.8) is 0 Å². The lowest BCUT2D eigenvalue weighted by molar-refractivity contribution is -0.125. The van der Waals surface area contributed by atoms with Crippen LogP contribution in [-0.4, -0.2) is 66.7 Å². The molecule has 1 aliphatic heterocycles. The van der Waals surface area contributed by atoms with Gasteiger partial charge in [0.25, 0.3) is 0 Å². The van der Waals surface area contributed by atoms with Gasteiger partial charge in [0.05, 0.1) is 6.10 Å². The van der Waals surface area contributed by atoms with Gasteiger partial charge in [-0.05, 0) is 20.5 Å². The van der Waals surface area contributed by atoms with Crippen molar-refractivity contribution in [2.45, 2.75) is 25.5 Å². The highest BCUT2D eigenvalue weighted by Crippen LogP contribution is 2.19. The van der Waals surface area contributed by atoms with E-state index in [1.807, 2.05) is 21.0 Å². The molecule has 6 heteroatoms. The van der Waals surface area contributed by atoms with E-state index >= 15 is 0 Å². The third-order valence-electron chi connectivity index (χ3n) is 3.18. The molecule has 0 radical (unpaired) electrons. The first-order valence-corrected chi connectivity index (χ1v) is 6.01. The predicted molar refractivity (Wildman–Crippen MR) is 66.0 cm³/mol. The maximum atomic E-state index is 11.4. The van der Waals surface area contributed by atoms with E-state index in [2.05, 4.69) is 15.2 Å². The number of nitrogens with zero attached hydrogens (tertiary/aromatic N) is 2. The number of likely N-dealkylation sites (tertiary alicyclic amines) is 1. The number of hydrazine groups is 1. The minimum absolute atomic E-state index is 0.157. The molecule has 3 atom stereocenters. The molecule has 1 saturated heterocycles. The fraction of sp³-hybridized carbons (Fsp3) is 0.909. The molecule has 0 bridgehead atoms. The summed E-state index contributed by atoms with van der Waals surface area (Å²) < 4.78 is 0. The molecule has 0 aliphatic carbocycles. The fourth-order valence-electron chi connectivity index (χ4n) is 2.37. The van der Waals surface area contributed by atoms with Gasteiger partial charge in [0.1, 0.15) is 0 Å². The van der Waals surface area contributed by atoms with E-state index in [0.717, 1.165) is 13.0 Å². The summed E-state index contributed by atoms with van der Waals surface area (Å²) in [6.45, 7) is 4.02. The highest BCUT2D eigenvalue weighted by Gasteiger charge is 2.32. The second kappa shape index (κ2) is 6.30. The minimum atomic E-state index is -0.284. The number of β-amino-alcohol motifs (C(OH)–C–C–N with tert-alkyl or cyclic N) is 1. The molecule has 17 heavy (non-hydrogen) atoms. The summed E-state index contributed by atoms with van der Waals surface area (Å²) in [7, 11) is 4.03. The third-order valence-corrected chi connectivity index (χ3v) is 3.18. The van der Waals surface area contributed by atoms with Crippen LogP contribution >= 0.6 is 0 Å². The van der Waals surface area contributed by atoms with Crippen LogP contribution in [0.4, 0.5) is 0 Å². The Kier molecular flexibility index (Phi) is 5.32. The van der Waals surface area contributed by atoms with Crippen molar-refractivity contribution in [3.8, 4) is 0 Å². The molecule has 6 nitrogen and oxygen atoms in total. The molecule has 4 N–H and O–H groups in total. The number of hydrogen-bond acceptors (Lipinski definition) is 5. The SMILES string of the molecule is CC(CN1CC(O)CC1CN(C)C)C(=O)NN. The number of likely N-dealkylation sites (N-methyl/N-ethyl adjacent to an activating group) is 1. The van der Waals surface area contributed by atoms with Crippen LogP contribution in [0.15, 0.2) is 0 Å². The first-order chi connectivity index (χ1) is 7.93. The summed E-state index contributed by atoms with van der Waals surface area (Å²) in [6, 6.07) is 0.313. The van der Waals surface area contributed by atoms with E-state index in [1.165, 1.54) is 0 Å². The molecule has 1 heterocycles. The molecule has 1 fully saturated rings. The standard InChI is InChI=1S/C11H24N4O2/c1-8(11(17)13-12)5-15-7-10(16)4-9(15)6-14(2)3/h8-10,16H,4-7,12H2,1-3H3,(H,13,17). The van der Waals surface area contributed by atoms with Crippen LogP contribution in [-0.2, 0) is 4.79 Å². The summed E-state index contributed by atoms with van der Waals surface area (Å²) in [5.74, 6) is 4.80. The first-order valence-electron chi connectivity index (χ1n) is 6.01. The van der Waals surface area contributed by atoms with Crippen LogP contribution in [0.3, 0.4) is 0 Å². The van der Waals surface area contributed by atoms with Crippen LogP contribution in [0.25, 0.3) is 0 Å².